The van der Waals surface area contributed by atoms with E-state index in [9.17, 15) is 12.8 Å². The maximum Gasteiger partial charge on any atom is 0.321 e. The number of benzene rings is 3. The maximum atomic E-state index is 13.0. The van der Waals surface area contributed by atoms with Crippen molar-refractivity contribution in [2.24, 2.45) is 0 Å². The Labute approximate surface area is 185 Å². The monoisotopic (exact) mass is 452 g/mol. The number of hydrogen-bond donors (Lipinski definition) is 3. The second-order valence-corrected chi connectivity index (χ2v) is 8.40. The molecular weight excluding hydrogens is 431 g/mol. The number of rotatable bonds is 8. The topological polar surface area (TPSA) is 92.4 Å². The van der Waals surface area contributed by atoms with Gasteiger partial charge in [-0.05, 0) is 60.7 Å². The van der Waals surface area contributed by atoms with E-state index in [1.54, 1.807) is 25.3 Å². The van der Waals surface area contributed by atoms with Gasteiger partial charge in [-0.25, -0.2) is 9.37 Å². The number of halogens is 1. The van der Waals surface area contributed by atoms with Gasteiger partial charge < -0.3 is 10.1 Å². The number of methoxy groups -OCH3 is 1. The zero-order valence-corrected chi connectivity index (χ0v) is 18.0. The molecule has 7 nitrogen and oxygen atoms in total. The minimum Gasteiger partial charge on any atom is -0.496 e. The number of ether oxygens (including phenoxy) is 1. The molecule has 164 valence electrons. The van der Waals surface area contributed by atoms with E-state index in [0.717, 1.165) is 16.7 Å². The molecule has 1 aromatic heterocycles. The van der Waals surface area contributed by atoms with Crippen LogP contribution in [0.5, 0.6) is 5.75 Å². The zero-order valence-electron chi connectivity index (χ0n) is 17.2. The molecule has 0 unspecified atom stereocenters. The van der Waals surface area contributed by atoms with Crippen LogP contribution in [0.15, 0.2) is 78.9 Å². The largest absolute Gasteiger partial charge is 0.496 e. The summed E-state index contributed by atoms with van der Waals surface area (Å²) in [6, 6.07) is 21.5. The van der Waals surface area contributed by atoms with Crippen molar-refractivity contribution in [3.8, 4) is 5.75 Å². The molecule has 1 heterocycles. The normalized spacial score (nSPS) is 11.2. The van der Waals surface area contributed by atoms with E-state index in [2.05, 4.69) is 19.7 Å². The number of pyridine rings is 1. The first-order chi connectivity index (χ1) is 15.4. The zero-order chi connectivity index (χ0) is 22.6. The van der Waals surface area contributed by atoms with E-state index in [4.69, 9.17) is 4.74 Å². The summed E-state index contributed by atoms with van der Waals surface area (Å²) in [7, 11) is -2.26. The first-order valence-electron chi connectivity index (χ1n) is 9.74. The first-order valence-corrected chi connectivity index (χ1v) is 11.2. The molecule has 0 radical (unpaired) electrons. The second kappa shape index (κ2) is 9.11. The Morgan fingerprint density at radius 1 is 0.906 bits per heavy atom. The molecule has 3 aromatic carbocycles. The van der Waals surface area contributed by atoms with E-state index < -0.39 is 16.0 Å². The lowest BCUT2D eigenvalue weighted by Crippen LogP contribution is -2.21. The molecule has 3 N–H and O–H groups in total. The summed E-state index contributed by atoms with van der Waals surface area (Å²) in [5.74, 6) is 1.04. The highest BCUT2D eigenvalue weighted by Gasteiger charge is 2.11. The standard InChI is InChI=1S/C23H21FN4O3S/c1-31-22-5-3-2-4-17(22)15-25-23-13-6-16-14-20(11-12-21(16)26-23)28-32(29,30)27-19-9-7-18(24)8-10-19/h2-14,27-28H,15H2,1H3,(H,25,26). The third-order valence-corrected chi connectivity index (χ3v) is 5.70. The van der Waals surface area contributed by atoms with Crippen molar-refractivity contribution in [1.29, 1.82) is 0 Å². The van der Waals surface area contributed by atoms with Crippen LogP contribution in [0.4, 0.5) is 21.6 Å². The molecule has 32 heavy (non-hydrogen) atoms. The van der Waals surface area contributed by atoms with Gasteiger partial charge in [-0.3, -0.25) is 9.44 Å². The van der Waals surface area contributed by atoms with Crippen molar-refractivity contribution in [3.05, 3.63) is 90.2 Å². The van der Waals surface area contributed by atoms with Crippen LogP contribution in [0.3, 0.4) is 0 Å². The lowest BCUT2D eigenvalue weighted by Gasteiger charge is -2.12. The molecule has 0 fully saturated rings. The molecule has 9 heteroatoms. The summed E-state index contributed by atoms with van der Waals surface area (Å²) in [6.07, 6.45) is 0. The van der Waals surface area contributed by atoms with Gasteiger partial charge in [0.05, 0.1) is 24.0 Å². The predicted molar refractivity (Wildman–Crippen MR) is 125 cm³/mol. The Hall–Kier alpha value is -3.85. The van der Waals surface area contributed by atoms with Gasteiger partial charge in [0.25, 0.3) is 0 Å². The molecule has 0 bridgehead atoms. The average molecular weight is 453 g/mol. The molecule has 4 rings (SSSR count). The number of aromatic nitrogens is 1. The van der Waals surface area contributed by atoms with E-state index in [-0.39, 0.29) is 5.69 Å². The summed E-state index contributed by atoms with van der Waals surface area (Å²) in [6.45, 7) is 0.551. The van der Waals surface area contributed by atoms with Crippen LogP contribution < -0.4 is 19.5 Å². The third-order valence-electron chi connectivity index (χ3n) is 4.69. The van der Waals surface area contributed by atoms with E-state index >= 15 is 0 Å². The van der Waals surface area contributed by atoms with Gasteiger partial charge in [0.2, 0.25) is 0 Å². The van der Waals surface area contributed by atoms with Gasteiger partial charge in [0.15, 0.2) is 0 Å². The van der Waals surface area contributed by atoms with Crippen molar-refractivity contribution < 1.29 is 17.5 Å². The number of nitrogens with zero attached hydrogens (tertiary/aromatic N) is 1. The molecule has 0 atom stereocenters. The van der Waals surface area contributed by atoms with Gasteiger partial charge in [0.1, 0.15) is 17.4 Å². The number of anilines is 3. The molecule has 0 amide bonds. The first kappa shape index (κ1) is 21.4. The van der Waals surface area contributed by atoms with E-state index in [1.807, 2.05) is 36.4 Å². The summed E-state index contributed by atoms with van der Waals surface area (Å²) < 4.78 is 47.9. The van der Waals surface area contributed by atoms with Crippen molar-refractivity contribution in [2.75, 3.05) is 21.9 Å². The van der Waals surface area contributed by atoms with Crippen molar-refractivity contribution in [1.82, 2.24) is 4.98 Å². The average Bonchev–Trinajstić information content (AvgIpc) is 2.79. The minimum atomic E-state index is -3.89. The molecule has 0 saturated carbocycles. The van der Waals surface area contributed by atoms with E-state index in [1.165, 1.54) is 24.3 Å². The number of fused-ring (bicyclic) bond motifs is 1. The van der Waals surface area contributed by atoms with E-state index in [0.29, 0.717) is 23.6 Å². The van der Waals surface area contributed by atoms with Crippen LogP contribution in [-0.2, 0) is 16.8 Å². The van der Waals surface area contributed by atoms with Crippen LogP contribution >= 0.6 is 0 Å². The Morgan fingerprint density at radius 3 is 2.41 bits per heavy atom. The van der Waals surface area contributed by atoms with Crippen LogP contribution in [0, 0.1) is 5.82 Å². The molecular formula is C23H21FN4O3S. The van der Waals surface area contributed by atoms with Crippen molar-refractivity contribution >= 4 is 38.3 Å². The summed E-state index contributed by atoms with van der Waals surface area (Å²) in [5, 5.41) is 4.05. The molecule has 4 aromatic rings. The fourth-order valence-electron chi connectivity index (χ4n) is 3.18. The van der Waals surface area contributed by atoms with Gasteiger partial charge in [-0.1, -0.05) is 18.2 Å². The van der Waals surface area contributed by atoms with Gasteiger partial charge in [-0.2, -0.15) is 8.42 Å². The minimum absolute atomic E-state index is 0.257. The van der Waals surface area contributed by atoms with Crippen molar-refractivity contribution in [3.63, 3.8) is 0 Å². The van der Waals surface area contributed by atoms with Crippen molar-refractivity contribution in [2.45, 2.75) is 6.54 Å². The van der Waals surface area contributed by atoms with Crippen LogP contribution in [0.25, 0.3) is 10.9 Å². The van der Waals surface area contributed by atoms with Crippen LogP contribution in [0.1, 0.15) is 5.56 Å². The van der Waals surface area contributed by atoms with Gasteiger partial charge >= 0.3 is 10.2 Å². The second-order valence-electron chi connectivity index (χ2n) is 6.98. The maximum absolute atomic E-state index is 13.0. The summed E-state index contributed by atoms with van der Waals surface area (Å²) in [4.78, 5) is 4.58. The Balaban J connectivity index is 1.46. The number of para-hydroxylation sites is 1. The Kier molecular flexibility index (Phi) is 6.09. The summed E-state index contributed by atoms with van der Waals surface area (Å²) >= 11 is 0. The quantitative estimate of drug-likeness (QED) is 0.358. The Bertz CT molecular complexity index is 1350. The predicted octanol–water partition coefficient (Wildman–Crippen LogP) is 4.76. The summed E-state index contributed by atoms with van der Waals surface area (Å²) in [5.41, 5.74) is 2.36. The molecule has 0 saturated heterocycles. The molecule has 0 spiro atoms. The lowest BCUT2D eigenvalue weighted by atomic mass is 10.2. The fourth-order valence-corrected chi connectivity index (χ4v) is 4.11. The molecule has 0 aliphatic carbocycles. The Morgan fingerprint density at radius 2 is 1.62 bits per heavy atom. The molecule has 0 aliphatic rings. The SMILES string of the molecule is COc1ccccc1CNc1ccc2cc(NS(=O)(=O)Nc3ccc(F)cc3)ccc2n1. The lowest BCUT2D eigenvalue weighted by molar-refractivity contribution is 0.410. The number of nitrogens with one attached hydrogen (secondary N) is 3. The highest BCUT2D eigenvalue weighted by molar-refractivity contribution is 7.94. The van der Waals surface area contributed by atoms with Crippen LogP contribution in [0.2, 0.25) is 0 Å². The number of hydrogen-bond acceptors (Lipinski definition) is 5. The third kappa shape index (κ3) is 5.25. The smallest absolute Gasteiger partial charge is 0.321 e. The highest BCUT2D eigenvalue weighted by atomic mass is 32.2. The van der Waals surface area contributed by atoms with Gasteiger partial charge in [0, 0.05) is 17.5 Å². The van der Waals surface area contributed by atoms with Gasteiger partial charge in [-0.15, -0.1) is 0 Å². The highest BCUT2D eigenvalue weighted by Crippen LogP contribution is 2.23. The fraction of sp³-hybridized carbons (Fsp3) is 0.0870. The van der Waals surface area contributed by atoms with Crippen LogP contribution in [-0.4, -0.2) is 20.5 Å². The molecule has 0 aliphatic heterocycles.